The van der Waals surface area contributed by atoms with Crippen molar-refractivity contribution in [3.05, 3.63) is 34.9 Å². The zero-order valence-corrected chi connectivity index (χ0v) is 10.3. The quantitative estimate of drug-likeness (QED) is 0.884. The van der Waals surface area contributed by atoms with E-state index in [1.807, 2.05) is 13.8 Å². The topological polar surface area (TPSA) is 29.1 Å². The molecular weight excluding hydrogens is 248 g/mol. The summed E-state index contributed by atoms with van der Waals surface area (Å²) >= 11 is 5.74. The van der Waals surface area contributed by atoms with Gasteiger partial charge in [-0.1, -0.05) is 37.6 Å². The maximum atomic E-state index is 12.2. The van der Waals surface area contributed by atoms with E-state index in [0.717, 1.165) is 5.56 Å². The third-order valence-corrected chi connectivity index (χ3v) is 2.64. The molecule has 0 saturated heterocycles. The minimum absolute atomic E-state index is 0.0128. The summed E-state index contributed by atoms with van der Waals surface area (Å²) in [5.74, 6) is -1.24. The number of carbonyl (C=O) groups is 1. The largest absolute Gasteiger partial charge is 0.344 e. The first-order chi connectivity index (χ1) is 7.91. The van der Waals surface area contributed by atoms with E-state index in [2.05, 4.69) is 5.32 Å². The number of rotatable bonds is 4. The second kappa shape index (κ2) is 5.96. The molecule has 94 valence electrons. The van der Waals surface area contributed by atoms with Crippen LogP contribution in [0.2, 0.25) is 5.02 Å². The summed E-state index contributed by atoms with van der Waals surface area (Å²) in [6.45, 7) is 3.70. The number of hydrogen-bond donors (Lipinski definition) is 1. The van der Waals surface area contributed by atoms with E-state index in [9.17, 15) is 13.6 Å². The van der Waals surface area contributed by atoms with Crippen LogP contribution in [0, 0.1) is 5.92 Å². The normalized spacial score (nSPS) is 12.9. The van der Waals surface area contributed by atoms with E-state index in [1.165, 1.54) is 0 Å². The predicted octanol–water partition coefficient (Wildman–Crippen LogP) is 3.42. The van der Waals surface area contributed by atoms with E-state index >= 15 is 0 Å². The smallest absolute Gasteiger partial charge is 0.315 e. The average molecular weight is 262 g/mol. The molecule has 1 aromatic carbocycles. The van der Waals surface area contributed by atoms with Crippen LogP contribution in [-0.2, 0) is 4.79 Å². The molecule has 0 heterocycles. The van der Waals surface area contributed by atoms with Gasteiger partial charge < -0.3 is 5.32 Å². The fourth-order valence-corrected chi connectivity index (χ4v) is 1.65. The molecule has 0 radical (unpaired) electrons. The van der Waals surface area contributed by atoms with Gasteiger partial charge in [-0.2, -0.15) is 8.78 Å². The third kappa shape index (κ3) is 3.97. The van der Waals surface area contributed by atoms with Crippen molar-refractivity contribution in [2.24, 2.45) is 5.92 Å². The highest BCUT2D eigenvalue weighted by molar-refractivity contribution is 6.30. The summed E-state index contributed by atoms with van der Waals surface area (Å²) in [5.41, 5.74) is 0.762. The van der Waals surface area contributed by atoms with Crippen LogP contribution in [0.5, 0.6) is 0 Å². The lowest BCUT2D eigenvalue weighted by molar-refractivity contribution is -0.132. The minimum Gasteiger partial charge on any atom is -0.344 e. The number of amides is 1. The Bertz CT molecular complexity index is 379. The van der Waals surface area contributed by atoms with Crippen molar-refractivity contribution in [1.82, 2.24) is 5.32 Å². The summed E-state index contributed by atoms with van der Waals surface area (Å²) in [5, 5.41) is 2.89. The molecule has 2 nitrogen and oxygen atoms in total. The molecule has 0 bridgehead atoms. The van der Waals surface area contributed by atoms with Crippen LogP contribution in [0.25, 0.3) is 0 Å². The van der Waals surface area contributed by atoms with Gasteiger partial charge in [0.05, 0.1) is 6.04 Å². The first kappa shape index (κ1) is 13.9. The molecular formula is C12H14ClF2NO. The molecule has 0 fully saturated rings. The molecule has 0 aliphatic rings. The second-order valence-electron chi connectivity index (χ2n) is 4.08. The molecule has 1 N–H and O–H groups in total. The fraction of sp³-hybridized carbons (Fsp3) is 0.417. The summed E-state index contributed by atoms with van der Waals surface area (Å²) in [6, 6.07) is 6.34. The second-order valence-corrected chi connectivity index (χ2v) is 4.52. The van der Waals surface area contributed by atoms with Crippen LogP contribution in [0.15, 0.2) is 24.3 Å². The Balaban J connectivity index is 2.86. The molecule has 1 amide bonds. The number of alkyl halides is 2. The van der Waals surface area contributed by atoms with Crippen molar-refractivity contribution in [3.8, 4) is 0 Å². The van der Waals surface area contributed by atoms with Crippen molar-refractivity contribution in [1.29, 1.82) is 0 Å². The monoisotopic (exact) mass is 261 g/mol. The number of nitrogens with one attached hydrogen (secondary N) is 1. The van der Waals surface area contributed by atoms with Gasteiger partial charge in [0, 0.05) is 5.02 Å². The molecule has 0 aliphatic carbocycles. The van der Waals surface area contributed by atoms with Crippen LogP contribution in [0.4, 0.5) is 8.78 Å². The molecule has 0 spiro atoms. The molecule has 0 aliphatic heterocycles. The standard InChI is InChI=1S/C12H14ClF2NO/c1-7(2)10(16-12(17)11(14)15)8-3-5-9(13)6-4-8/h3-7,10-11H,1-2H3,(H,16,17). The zero-order chi connectivity index (χ0) is 13.0. The van der Waals surface area contributed by atoms with E-state index < -0.39 is 18.4 Å². The zero-order valence-electron chi connectivity index (χ0n) is 9.58. The van der Waals surface area contributed by atoms with Crippen LogP contribution in [0.1, 0.15) is 25.5 Å². The van der Waals surface area contributed by atoms with Crippen LogP contribution in [0.3, 0.4) is 0 Å². The summed E-state index contributed by atoms with van der Waals surface area (Å²) < 4.78 is 24.4. The predicted molar refractivity (Wildman–Crippen MR) is 63.2 cm³/mol. The molecule has 0 saturated carbocycles. The van der Waals surface area contributed by atoms with E-state index in [0.29, 0.717) is 5.02 Å². The Labute approximate surface area is 104 Å². The van der Waals surface area contributed by atoms with Gasteiger partial charge in [0.1, 0.15) is 0 Å². The number of halogens is 3. The van der Waals surface area contributed by atoms with Crippen LogP contribution in [-0.4, -0.2) is 12.3 Å². The van der Waals surface area contributed by atoms with E-state index in [-0.39, 0.29) is 5.92 Å². The Morgan fingerprint density at radius 3 is 2.18 bits per heavy atom. The molecule has 1 aromatic rings. The number of hydrogen-bond acceptors (Lipinski definition) is 1. The van der Waals surface area contributed by atoms with Crippen molar-refractivity contribution >= 4 is 17.5 Å². The van der Waals surface area contributed by atoms with Gasteiger partial charge in [-0.05, 0) is 23.6 Å². The van der Waals surface area contributed by atoms with Gasteiger partial charge in [-0.25, -0.2) is 0 Å². The Hall–Kier alpha value is -1.16. The maximum Gasteiger partial charge on any atom is 0.315 e. The average Bonchev–Trinajstić information content (AvgIpc) is 2.26. The maximum absolute atomic E-state index is 12.2. The third-order valence-electron chi connectivity index (χ3n) is 2.39. The highest BCUT2D eigenvalue weighted by Gasteiger charge is 2.23. The first-order valence-corrected chi connectivity index (χ1v) is 5.63. The van der Waals surface area contributed by atoms with E-state index in [1.54, 1.807) is 24.3 Å². The Morgan fingerprint density at radius 2 is 1.76 bits per heavy atom. The van der Waals surface area contributed by atoms with Crippen LogP contribution >= 0.6 is 11.6 Å². The molecule has 1 atom stereocenters. The van der Waals surface area contributed by atoms with Crippen molar-refractivity contribution in [2.45, 2.75) is 26.3 Å². The fourth-order valence-electron chi connectivity index (χ4n) is 1.52. The molecule has 1 rings (SSSR count). The lowest BCUT2D eigenvalue weighted by atomic mass is 9.96. The first-order valence-electron chi connectivity index (χ1n) is 5.25. The molecule has 5 heteroatoms. The van der Waals surface area contributed by atoms with Crippen molar-refractivity contribution in [3.63, 3.8) is 0 Å². The summed E-state index contributed by atoms with van der Waals surface area (Å²) in [7, 11) is 0. The molecule has 0 aromatic heterocycles. The minimum atomic E-state index is -3.00. The number of benzene rings is 1. The molecule has 17 heavy (non-hydrogen) atoms. The lowest BCUT2D eigenvalue weighted by Crippen LogP contribution is -2.35. The Morgan fingerprint density at radius 1 is 1.24 bits per heavy atom. The SMILES string of the molecule is CC(C)C(NC(=O)C(F)F)c1ccc(Cl)cc1. The van der Waals surface area contributed by atoms with Gasteiger partial charge in [0.2, 0.25) is 0 Å². The summed E-state index contributed by atoms with van der Waals surface area (Å²) in [4.78, 5) is 11.0. The van der Waals surface area contributed by atoms with Gasteiger partial charge in [-0.15, -0.1) is 0 Å². The lowest BCUT2D eigenvalue weighted by Gasteiger charge is -2.22. The molecule has 1 unspecified atom stereocenters. The van der Waals surface area contributed by atoms with Crippen LogP contribution < -0.4 is 5.32 Å². The Kier molecular flexibility index (Phi) is 4.87. The van der Waals surface area contributed by atoms with Gasteiger partial charge in [0.25, 0.3) is 5.91 Å². The van der Waals surface area contributed by atoms with Gasteiger partial charge in [-0.3, -0.25) is 4.79 Å². The van der Waals surface area contributed by atoms with Crippen molar-refractivity contribution in [2.75, 3.05) is 0 Å². The van der Waals surface area contributed by atoms with Crippen molar-refractivity contribution < 1.29 is 13.6 Å². The van der Waals surface area contributed by atoms with Gasteiger partial charge in [0.15, 0.2) is 0 Å². The highest BCUT2D eigenvalue weighted by atomic mass is 35.5. The number of carbonyl (C=O) groups excluding carboxylic acids is 1. The van der Waals surface area contributed by atoms with E-state index in [4.69, 9.17) is 11.6 Å². The highest BCUT2D eigenvalue weighted by Crippen LogP contribution is 2.23. The van der Waals surface area contributed by atoms with Gasteiger partial charge >= 0.3 is 6.43 Å². The summed E-state index contributed by atoms with van der Waals surface area (Å²) in [6.07, 6.45) is -3.00.